The van der Waals surface area contributed by atoms with E-state index in [1.165, 1.54) is 17.6 Å². The third kappa shape index (κ3) is 3.55. The zero-order valence-corrected chi connectivity index (χ0v) is 16.2. The molecule has 1 fully saturated rings. The summed E-state index contributed by atoms with van der Waals surface area (Å²) in [7, 11) is 0. The van der Waals surface area contributed by atoms with Gasteiger partial charge in [0.05, 0.1) is 12.6 Å². The number of amides is 2. The number of aromatic nitrogens is 3. The lowest BCUT2D eigenvalue weighted by Gasteiger charge is -2.27. The third-order valence-corrected chi connectivity index (χ3v) is 5.80. The van der Waals surface area contributed by atoms with E-state index in [1.807, 2.05) is 29.2 Å². The molecule has 0 radical (unpaired) electrons. The maximum absolute atomic E-state index is 13.1. The molecule has 1 aromatic heterocycles. The van der Waals surface area contributed by atoms with Crippen LogP contribution in [0.5, 0.6) is 0 Å². The van der Waals surface area contributed by atoms with Crippen molar-refractivity contribution in [2.24, 2.45) is 0 Å². The van der Waals surface area contributed by atoms with Gasteiger partial charge in [0.1, 0.15) is 12.7 Å². The van der Waals surface area contributed by atoms with Gasteiger partial charge in [-0.3, -0.25) is 0 Å². The van der Waals surface area contributed by atoms with Crippen molar-refractivity contribution in [1.82, 2.24) is 19.7 Å². The summed E-state index contributed by atoms with van der Waals surface area (Å²) in [5.74, 6) is 0. The number of carbonyl (C=O) groups excluding carboxylic acids is 1. The van der Waals surface area contributed by atoms with Crippen molar-refractivity contribution in [2.45, 2.75) is 25.4 Å². The van der Waals surface area contributed by atoms with E-state index in [-0.39, 0.29) is 6.03 Å². The van der Waals surface area contributed by atoms with Crippen LogP contribution >= 0.6 is 0 Å². The Morgan fingerprint density at radius 2 is 1.97 bits per heavy atom. The first-order valence-electron chi connectivity index (χ1n) is 10.1. The van der Waals surface area contributed by atoms with Crippen molar-refractivity contribution in [1.29, 1.82) is 0 Å². The second-order valence-corrected chi connectivity index (χ2v) is 7.66. The molecule has 2 aromatic carbocycles. The summed E-state index contributed by atoms with van der Waals surface area (Å²) < 4.78 is 1.75. The minimum atomic E-state index is -0.0335. The summed E-state index contributed by atoms with van der Waals surface area (Å²) in [6, 6.07) is 16.8. The maximum Gasteiger partial charge on any atom is 0.321 e. The molecule has 3 heterocycles. The number of urea groups is 1. The molecule has 1 atom stereocenters. The van der Waals surface area contributed by atoms with Gasteiger partial charge in [-0.2, -0.15) is 5.10 Å². The molecule has 7 nitrogen and oxygen atoms in total. The Bertz CT molecular complexity index is 1000. The molecular weight excluding hydrogens is 364 g/mol. The summed E-state index contributed by atoms with van der Waals surface area (Å²) >= 11 is 0. The summed E-state index contributed by atoms with van der Waals surface area (Å²) in [5, 5.41) is 7.30. The number of carbonyl (C=O) groups is 1. The molecular formula is C22H24N6O. The quantitative estimate of drug-likeness (QED) is 0.749. The Balaban J connectivity index is 1.30. The molecule has 0 bridgehead atoms. The first-order chi connectivity index (χ1) is 14.3. The Labute approximate surface area is 170 Å². The van der Waals surface area contributed by atoms with E-state index < -0.39 is 0 Å². The van der Waals surface area contributed by atoms with Crippen molar-refractivity contribution in [3.63, 3.8) is 0 Å². The number of nitrogens with one attached hydrogen (secondary N) is 1. The molecule has 29 heavy (non-hydrogen) atoms. The van der Waals surface area contributed by atoms with E-state index in [9.17, 15) is 4.79 Å². The van der Waals surface area contributed by atoms with Crippen LogP contribution in [0.1, 0.15) is 17.5 Å². The van der Waals surface area contributed by atoms with Crippen LogP contribution in [0.25, 0.3) is 0 Å². The number of fused-ring (bicyclic) bond motifs is 3. The van der Waals surface area contributed by atoms with Gasteiger partial charge < -0.3 is 15.1 Å². The molecule has 2 aliphatic heterocycles. The second-order valence-electron chi connectivity index (χ2n) is 7.66. The van der Waals surface area contributed by atoms with Gasteiger partial charge in [0.25, 0.3) is 0 Å². The van der Waals surface area contributed by atoms with Gasteiger partial charge in [0, 0.05) is 31.0 Å². The van der Waals surface area contributed by atoms with Crippen molar-refractivity contribution in [3.8, 4) is 0 Å². The average Bonchev–Trinajstić information content (AvgIpc) is 3.31. The van der Waals surface area contributed by atoms with E-state index >= 15 is 0 Å². The smallest absolute Gasteiger partial charge is 0.321 e. The van der Waals surface area contributed by atoms with Gasteiger partial charge in [-0.25, -0.2) is 14.5 Å². The highest BCUT2D eigenvalue weighted by Gasteiger charge is 2.33. The van der Waals surface area contributed by atoms with Gasteiger partial charge in [0.2, 0.25) is 0 Å². The lowest BCUT2D eigenvalue weighted by Crippen LogP contribution is -2.43. The van der Waals surface area contributed by atoms with Crippen LogP contribution in [0, 0.1) is 0 Å². The van der Waals surface area contributed by atoms with Gasteiger partial charge >= 0.3 is 6.03 Å². The molecule has 0 spiro atoms. The van der Waals surface area contributed by atoms with Crippen molar-refractivity contribution >= 4 is 17.4 Å². The van der Waals surface area contributed by atoms with Crippen LogP contribution in [0.2, 0.25) is 0 Å². The molecule has 2 amide bonds. The summed E-state index contributed by atoms with van der Waals surface area (Å²) in [5.41, 5.74) is 4.55. The van der Waals surface area contributed by atoms with Crippen LogP contribution in [0.3, 0.4) is 0 Å². The van der Waals surface area contributed by atoms with Crippen LogP contribution < -0.4 is 10.2 Å². The highest BCUT2D eigenvalue weighted by molar-refractivity contribution is 5.90. The van der Waals surface area contributed by atoms with Gasteiger partial charge in [-0.05, 0) is 36.1 Å². The number of anilines is 2. The first kappa shape index (κ1) is 17.7. The van der Waals surface area contributed by atoms with E-state index in [0.29, 0.717) is 12.6 Å². The third-order valence-electron chi connectivity index (χ3n) is 5.80. The number of rotatable bonds is 3. The van der Waals surface area contributed by atoms with E-state index in [2.05, 4.69) is 44.6 Å². The molecule has 1 unspecified atom stereocenters. The molecule has 7 heteroatoms. The molecule has 0 saturated carbocycles. The van der Waals surface area contributed by atoms with Gasteiger partial charge in [-0.15, -0.1) is 0 Å². The fourth-order valence-electron chi connectivity index (χ4n) is 4.42. The number of nitrogens with zero attached hydrogens (tertiary/aromatic N) is 5. The van der Waals surface area contributed by atoms with Crippen molar-refractivity contribution in [2.75, 3.05) is 29.9 Å². The normalized spacial score (nSPS) is 18.1. The number of para-hydroxylation sites is 2. The highest BCUT2D eigenvalue weighted by Crippen LogP contribution is 2.33. The standard InChI is InChI=1S/C22H24N6O/c29-22(25-20-8-3-1-7-18(20)13-27-16-23-15-24-27)26-10-5-11-28-19(14-26)12-17-6-2-4-9-21(17)28/h1-4,6-9,15-16,19H,5,10-14H2,(H,25,29). The average molecular weight is 388 g/mol. The Morgan fingerprint density at radius 1 is 1.10 bits per heavy atom. The second kappa shape index (κ2) is 7.58. The fourth-order valence-corrected chi connectivity index (χ4v) is 4.42. The largest absolute Gasteiger partial charge is 0.366 e. The summed E-state index contributed by atoms with van der Waals surface area (Å²) in [6.45, 7) is 3.08. The van der Waals surface area contributed by atoms with E-state index in [1.54, 1.807) is 11.0 Å². The van der Waals surface area contributed by atoms with Crippen LogP contribution in [0.15, 0.2) is 61.2 Å². The van der Waals surface area contributed by atoms with Crippen molar-refractivity contribution < 1.29 is 4.79 Å². The Morgan fingerprint density at radius 3 is 2.86 bits per heavy atom. The van der Waals surface area contributed by atoms with Crippen LogP contribution in [-0.4, -0.2) is 51.4 Å². The lowest BCUT2D eigenvalue weighted by molar-refractivity contribution is 0.211. The zero-order valence-electron chi connectivity index (χ0n) is 16.2. The summed E-state index contributed by atoms with van der Waals surface area (Å²) in [6.07, 6.45) is 5.17. The molecule has 0 aliphatic carbocycles. The highest BCUT2D eigenvalue weighted by atomic mass is 16.2. The predicted molar refractivity (Wildman–Crippen MR) is 112 cm³/mol. The monoisotopic (exact) mass is 388 g/mol. The molecule has 5 rings (SSSR count). The molecule has 1 N–H and O–H groups in total. The molecule has 3 aromatic rings. The molecule has 148 valence electrons. The minimum Gasteiger partial charge on any atom is -0.366 e. The number of benzene rings is 2. The molecule has 2 aliphatic rings. The summed E-state index contributed by atoms with van der Waals surface area (Å²) in [4.78, 5) is 21.5. The van der Waals surface area contributed by atoms with Crippen LogP contribution in [0.4, 0.5) is 16.2 Å². The topological polar surface area (TPSA) is 66.3 Å². The SMILES string of the molecule is O=C(Nc1ccccc1Cn1cncn1)N1CCCN2c3ccccc3CC2C1. The first-order valence-corrected chi connectivity index (χ1v) is 10.1. The maximum atomic E-state index is 13.1. The van der Waals surface area contributed by atoms with Crippen molar-refractivity contribution in [3.05, 3.63) is 72.3 Å². The van der Waals surface area contributed by atoms with Gasteiger partial charge in [0.15, 0.2) is 0 Å². The Hall–Kier alpha value is -3.35. The predicted octanol–water partition coefficient (Wildman–Crippen LogP) is 3.00. The van der Waals surface area contributed by atoms with Gasteiger partial charge in [-0.1, -0.05) is 36.4 Å². The lowest BCUT2D eigenvalue weighted by atomic mass is 10.1. The number of hydrogen-bond acceptors (Lipinski definition) is 4. The minimum absolute atomic E-state index is 0.0335. The fraction of sp³-hybridized carbons (Fsp3) is 0.318. The zero-order chi connectivity index (χ0) is 19.6. The molecule has 1 saturated heterocycles. The van der Waals surface area contributed by atoms with E-state index in [0.717, 1.165) is 43.7 Å². The number of hydrogen-bond donors (Lipinski definition) is 1. The van der Waals surface area contributed by atoms with E-state index in [4.69, 9.17) is 0 Å². The van der Waals surface area contributed by atoms with Crippen LogP contribution in [-0.2, 0) is 13.0 Å². The Kier molecular flexibility index (Phi) is 4.63.